The topological polar surface area (TPSA) is 74.2 Å². The van der Waals surface area contributed by atoms with Crippen LogP contribution in [0.2, 0.25) is 0 Å². The Morgan fingerprint density at radius 1 is 1.48 bits per heavy atom. The fourth-order valence-corrected chi connectivity index (χ4v) is 3.52. The highest BCUT2D eigenvalue weighted by Crippen LogP contribution is 2.37. The van der Waals surface area contributed by atoms with Gasteiger partial charge >= 0.3 is 0 Å². The number of amides is 1. The molecule has 1 aromatic heterocycles. The maximum Gasteiger partial charge on any atom is 0.250 e. The van der Waals surface area contributed by atoms with Crippen molar-refractivity contribution < 1.29 is 9.18 Å². The van der Waals surface area contributed by atoms with Crippen molar-refractivity contribution in [2.45, 2.75) is 32.7 Å². The number of anilines is 1. The summed E-state index contributed by atoms with van der Waals surface area (Å²) in [5, 5.41) is 4.05. The molecular weight excluding hydrogens is 295 g/mol. The van der Waals surface area contributed by atoms with Gasteiger partial charge in [0.05, 0.1) is 16.8 Å². The number of fused-ring (bicyclic) bond motifs is 1. The molecular formula is C17H23FN4O. The number of benzene rings is 1. The van der Waals surface area contributed by atoms with Gasteiger partial charge in [-0.3, -0.25) is 4.79 Å². The Balaban J connectivity index is 2.22. The SMILES string of the molecule is CNC1CCCN(c2c(F)cc(C(N)=O)c3[nH]c(C)c(C)c23)C1. The monoisotopic (exact) mass is 318 g/mol. The molecule has 0 saturated carbocycles. The van der Waals surface area contributed by atoms with E-state index in [1.54, 1.807) is 0 Å². The van der Waals surface area contributed by atoms with Crippen molar-refractivity contribution in [3.05, 3.63) is 28.7 Å². The highest BCUT2D eigenvalue weighted by atomic mass is 19.1. The van der Waals surface area contributed by atoms with Crippen molar-refractivity contribution in [1.29, 1.82) is 0 Å². The summed E-state index contributed by atoms with van der Waals surface area (Å²) in [6.45, 7) is 5.43. The summed E-state index contributed by atoms with van der Waals surface area (Å²) >= 11 is 0. The molecule has 0 bridgehead atoms. The Bertz CT molecular complexity index is 768. The standard InChI is InChI=1S/C17H23FN4O/c1-9-10(2)21-15-12(17(19)23)7-13(18)16(14(9)15)22-6-4-5-11(8-22)20-3/h7,11,20-21H,4-6,8H2,1-3H3,(H2,19,23). The van der Waals surface area contributed by atoms with Crippen molar-refractivity contribution in [3.63, 3.8) is 0 Å². The number of hydrogen-bond donors (Lipinski definition) is 3. The summed E-state index contributed by atoms with van der Waals surface area (Å²) < 4.78 is 14.9. The van der Waals surface area contributed by atoms with Gasteiger partial charge in [0.15, 0.2) is 0 Å². The number of hydrogen-bond acceptors (Lipinski definition) is 3. The number of nitrogens with two attached hydrogens (primary N) is 1. The number of primary amides is 1. The smallest absolute Gasteiger partial charge is 0.250 e. The van der Waals surface area contributed by atoms with Gasteiger partial charge in [-0.2, -0.15) is 0 Å². The number of halogens is 1. The van der Waals surface area contributed by atoms with E-state index in [0.717, 1.165) is 42.6 Å². The quantitative estimate of drug-likeness (QED) is 0.812. The predicted molar refractivity (Wildman–Crippen MR) is 90.5 cm³/mol. The van der Waals surface area contributed by atoms with Gasteiger partial charge in [0.1, 0.15) is 5.82 Å². The molecule has 1 aromatic carbocycles. The average molecular weight is 318 g/mol. The molecule has 4 N–H and O–H groups in total. The molecule has 23 heavy (non-hydrogen) atoms. The molecule has 124 valence electrons. The third kappa shape index (κ3) is 2.57. The van der Waals surface area contributed by atoms with E-state index in [-0.39, 0.29) is 11.4 Å². The molecule has 2 aromatic rings. The number of carbonyl (C=O) groups is 1. The highest BCUT2D eigenvalue weighted by Gasteiger charge is 2.26. The summed E-state index contributed by atoms with van der Waals surface area (Å²) in [5.41, 5.74) is 8.74. The molecule has 2 heterocycles. The second kappa shape index (κ2) is 5.85. The molecule has 1 aliphatic rings. The van der Waals surface area contributed by atoms with Crippen LogP contribution < -0.4 is 16.0 Å². The number of H-pyrrole nitrogens is 1. The van der Waals surface area contributed by atoms with E-state index in [4.69, 9.17) is 5.73 Å². The Labute approximate surface area is 135 Å². The van der Waals surface area contributed by atoms with E-state index in [2.05, 4.69) is 15.2 Å². The molecule has 1 fully saturated rings. The number of rotatable bonds is 3. The first-order valence-electron chi connectivity index (χ1n) is 7.97. The first-order chi connectivity index (χ1) is 10.9. The number of carbonyl (C=O) groups excluding carboxylic acids is 1. The number of piperidine rings is 1. The minimum absolute atomic E-state index is 0.208. The Morgan fingerprint density at radius 3 is 2.87 bits per heavy atom. The number of nitrogens with one attached hydrogen (secondary N) is 2. The lowest BCUT2D eigenvalue weighted by molar-refractivity contribution is 0.100. The third-order valence-corrected chi connectivity index (χ3v) is 4.91. The number of likely N-dealkylation sites (N-methyl/N-ethyl adjacent to an activating group) is 1. The molecule has 1 atom stereocenters. The van der Waals surface area contributed by atoms with Gasteiger partial charge in [-0.15, -0.1) is 0 Å². The minimum Gasteiger partial charge on any atom is -0.367 e. The van der Waals surface area contributed by atoms with Crippen LogP contribution in [-0.2, 0) is 0 Å². The molecule has 6 heteroatoms. The van der Waals surface area contributed by atoms with Crippen LogP contribution in [0.15, 0.2) is 6.07 Å². The van der Waals surface area contributed by atoms with E-state index < -0.39 is 5.91 Å². The normalized spacial score (nSPS) is 18.6. The van der Waals surface area contributed by atoms with Crippen LogP contribution >= 0.6 is 0 Å². The molecule has 1 saturated heterocycles. The molecule has 0 aliphatic carbocycles. The summed E-state index contributed by atoms with van der Waals surface area (Å²) in [7, 11) is 1.93. The fourth-order valence-electron chi connectivity index (χ4n) is 3.52. The van der Waals surface area contributed by atoms with Crippen molar-refractivity contribution in [3.8, 4) is 0 Å². The first-order valence-corrected chi connectivity index (χ1v) is 7.97. The fraction of sp³-hybridized carbons (Fsp3) is 0.471. The van der Waals surface area contributed by atoms with Gasteiger partial charge in [0.2, 0.25) is 0 Å². The van der Waals surface area contributed by atoms with Crippen LogP contribution in [0.3, 0.4) is 0 Å². The van der Waals surface area contributed by atoms with E-state index in [1.165, 1.54) is 6.07 Å². The van der Waals surface area contributed by atoms with Crippen molar-refractivity contribution in [1.82, 2.24) is 10.3 Å². The van der Waals surface area contributed by atoms with Crippen LogP contribution in [0, 0.1) is 19.7 Å². The second-order valence-electron chi connectivity index (χ2n) is 6.32. The van der Waals surface area contributed by atoms with E-state index in [0.29, 0.717) is 17.2 Å². The summed E-state index contributed by atoms with van der Waals surface area (Å²) in [4.78, 5) is 17.0. The maximum atomic E-state index is 14.9. The van der Waals surface area contributed by atoms with Gasteiger partial charge in [-0.05, 0) is 45.4 Å². The lowest BCUT2D eigenvalue weighted by atomic mass is 10.0. The summed E-state index contributed by atoms with van der Waals surface area (Å²) in [5.74, 6) is -1.00. The summed E-state index contributed by atoms with van der Waals surface area (Å²) in [6, 6.07) is 1.60. The van der Waals surface area contributed by atoms with Gasteiger partial charge < -0.3 is 20.9 Å². The van der Waals surface area contributed by atoms with Crippen LogP contribution in [-0.4, -0.2) is 37.1 Å². The molecule has 3 rings (SSSR count). The minimum atomic E-state index is -0.617. The van der Waals surface area contributed by atoms with E-state index >= 15 is 0 Å². The summed E-state index contributed by atoms with van der Waals surface area (Å²) in [6.07, 6.45) is 2.09. The zero-order valence-electron chi connectivity index (χ0n) is 13.8. The van der Waals surface area contributed by atoms with Crippen LogP contribution in [0.25, 0.3) is 10.9 Å². The lowest BCUT2D eigenvalue weighted by Crippen LogP contribution is -2.44. The molecule has 1 amide bonds. The maximum absolute atomic E-state index is 14.9. The largest absolute Gasteiger partial charge is 0.367 e. The zero-order chi connectivity index (χ0) is 16.7. The number of aromatic amines is 1. The van der Waals surface area contributed by atoms with Crippen LogP contribution in [0.1, 0.15) is 34.5 Å². The van der Waals surface area contributed by atoms with Gasteiger partial charge in [-0.25, -0.2) is 4.39 Å². The van der Waals surface area contributed by atoms with Crippen molar-refractivity contribution >= 4 is 22.5 Å². The molecule has 0 spiro atoms. The predicted octanol–water partition coefficient (Wildman–Crippen LogP) is 2.21. The van der Waals surface area contributed by atoms with Crippen LogP contribution in [0.4, 0.5) is 10.1 Å². The van der Waals surface area contributed by atoms with Gasteiger partial charge in [0.25, 0.3) is 5.91 Å². The third-order valence-electron chi connectivity index (χ3n) is 4.91. The van der Waals surface area contributed by atoms with E-state index in [1.807, 2.05) is 20.9 Å². The van der Waals surface area contributed by atoms with Crippen molar-refractivity contribution in [2.75, 3.05) is 25.0 Å². The highest BCUT2D eigenvalue weighted by molar-refractivity contribution is 6.10. The average Bonchev–Trinajstić information content (AvgIpc) is 2.82. The molecule has 0 radical (unpaired) electrons. The number of nitrogens with zero attached hydrogens (tertiary/aromatic N) is 1. The lowest BCUT2D eigenvalue weighted by Gasteiger charge is -2.35. The Morgan fingerprint density at radius 2 is 2.22 bits per heavy atom. The van der Waals surface area contributed by atoms with E-state index in [9.17, 15) is 9.18 Å². The first kappa shape index (κ1) is 15.8. The van der Waals surface area contributed by atoms with Gasteiger partial charge in [0, 0.05) is 30.2 Å². The molecule has 1 unspecified atom stereocenters. The van der Waals surface area contributed by atoms with Crippen molar-refractivity contribution in [2.24, 2.45) is 5.73 Å². The Hall–Kier alpha value is -2.08. The van der Waals surface area contributed by atoms with Crippen LogP contribution in [0.5, 0.6) is 0 Å². The number of aromatic nitrogens is 1. The number of aryl methyl sites for hydroxylation is 2. The molecule has 1 aliphatic heterocycles. The van der Waals surface area contributed by atoms with Gasteiger partial charge in [-0.1, -0.05) is 0 Å². The second-order valence-corrected chi connectivity index (χ2v) is 6.32. The molecule has 5 nitrogen and oxygen atoms in total. The Kier molecular flexibility index (Phi) is 4.02. The zero-order valence-corrected chi connectivity index (χ0v) is 13.8.